The van der Waals surface area contributed by atoms with E-state index in [2.05, 4.69) is 15.6 Å². The van der Waals surface area contributed by atoms with Gasteiger partial charge in [-0.2, -0.15) is 5.10 Å². The van der Waals surface area contributed by atoms with Crippen molar-refractivity contribution in [2.45, 2.75) is 26.0 Å². The van der Waals surface area contributed by atoms with Gasteiger partial charge >= 0.3 is 0 Å². The SMILES string of the molecule is CC1=NOC(C(=O)NCc2cnn3ccccc23)C1. The summed E-state index contributed by atoms with van der Waals surface area (Å²) in [5.74, 6) is -0.143. The molecule has 1 unspecified atom stereocenters. The van der Waals surface area contributed by atoms with E-state index in [0.29, 0.717) is 13.0 Å². The molecule has 2 aromatic rings. The highest BCUT2D eigenvalue weighted by molar-refractivity contribution is 5.91. The zero-order valence-corrected chi connectivity index (χ0v) is 10.5. The van der Waals surface area contributed by atoms with Crippen LogP contribution in [0.5, 0.6) is 0 Å². The minimum absolute atomic E-state index is 0.143. The Hall–Kier alpha value is -2.37. The van der Waals surface area contributed by atoms with Crippen molar-refractivity contribution in [3.8, 4) is 0 Å². The summed E-state index contributed by atoms with van der Waals surface area (Å²) >= 11 is 0. The molecule has 0 saturated carbocycles. The summed E-state index contributed by atoms with van der Waals surface area (Å²) in [5, 5.41) is 10.8. The van der Waals surface area contributed by atoms with Crippen LogP contribution in [-0.2, 0) is 16.2 Å². The Bertz CT molecular complexity index is 647. The van der Waals surface area contributed by atoms with E-state index in [-0.39, 0.29) is 5.91 Å². The smallest absolute Gasteiger partial charge is 0.264 e. The Balaban J connectivity index is 1.65. The average Bonchev–Trinajstić information content (AvgIpc) is 3.02. The fourth-order valence-electron chi connectivity index (χ4n) is 2.06. The third kappa shape index (κ3) is 2.29. The number of oxime groups is 1. The van der Waals surface area contributed by atoms with Crippen molar-refractivity contribution in [2.75, 3.05) is 0 Å². The molecule has 6 heteroatoms. The Labute approximate surface area is 110 Å². The van der Waals surface area contributed by atoms with Crippen molar-refractivity contribution in [3.63, 3.8) is 0 Å². The third-order valence-electron chi connectivity index (χ3n) is 3.07. The van der Waals surface area contributed by atoms with Gasteiger partial charge in [0.25, 0.3) is 5.91 Å². The summed E-state index contributed by atoms with van der Waals surface area (Å²) in [6.45, 7) is 2.28. The number of aromatic nitrogens is 2. The molecule has 0 saturated heterocycles. The maximum absolute atomic E-state index is 11.9. The van der Waals surface area contributed by atoms with E-state index in [1.807, 2.05) is 31.3 Å². The first-order valence-electron chi connectivity index (χ1n) is 6.12. The number of pyridine rings is 1. The predicted octanol–water partition coefficient (Wildman–Crippen LogP) is 1.12. The van der Waals surface area contributed by atoms with Gasteiger partial charge in [-0.25, -0.2) is 4.52 Å². The van der Waals surface area contributed by atoms with Crippen molar-refractivity contribution in [1.82, 2.24) is 14.9 Å². The lowest BCUT2D eigenvalue weighted by Gasteiger charge is -2.08. The number of amides is 1. The first-order chi connectivity index (χ1) is 9.24. The predicted molar refractivity (Wildman–Crippen MR) is 69.6 cm³/mol. The van der Waals surface area contributed by atoms with Crippen LogP contribution >= 0.6 is 0 Å². The highest BCUT2D eigenvalue weighted by atomic mass is 16.6. The van der Waals surface area contributed by atoms with Gasteiger partial charge in [0.15, 0.2) is 0 Å². The van der Waals surface area contributed by atoms with Crippen molar-refractivity contribution in [2.24, 2.45) is 5.16 Å². The molecule has 1 aliphatic rings. The number of rotatable bonds is 3. The van der Waals surface area contributed by atoms with E-state index in [4.69, 9.17) is 4.84 Å². The minimum Gasteiger partial charge on any atom is -0.382 e. The van der Waals surface area contributed by atoms with Crippen molar-refractivity contribution >= 4 is 17.1 Å². The van der Waals surface area contributed by atoms with Crippen LogP contribution in [0.25, 0.3) is 5.52 Å². The number of hydrogen-bond donors (Lipinski definition) is 1. The molecule has 3 heterocycles. The minimum atomic E-state index is -0.498. The molecule has 1 amide bonds. The molecule has 2 aromatic heterocycles. The molecule has 0 aromatic carbocycles. The molecule has 0 spiro atoms. The second-order valence-corrected chi connectivity index (χ2v) is 4.54. The van der Waals surface area contributed by atoms with Gasteiger partial charge in [0.2, 0.25) is 6.10 Å². The molecule has 1 aliphatic heterocycles. The van der Waals surface area contributed by atoms with Crippen LogP contribution in [0.2, 0.25) is 0 Å². The second kappa shape index (κ2) is 4.72. The van der Waals surface area contributed by atoms with Gasteiger partial charge in [0.05, 0.1) is 17.4 Å². The Morgan fingerprint density at radius 3 is 3.26 bits per heavy atom. The normalized spacial score (nSPS) is 18.2. The molecule has 0 aliphatic carbocycles. The fraction of sp³-hybridized carbons (Fsp3) is 0.308. The quantitative estimate of drug-likeness (QED) is 0.896. The van der Waals surface area contributed by atoms with E-state index in [0.717, 1.165) is 16.8 Å². The zero-order chi connectivity index (χ0) is 13.2. The van der Waals surface area contributed by atoms with E-state index >= 15 is 0 Å². The van der Waals surface area contributed by atoms with Crippen LogP contribution in [0, 0.1) is 0 Å². The topological polar surface area (TPSA) is 68.0 Å². The average molecular weight is 258 g/mol. The highest BCUT2D eigenvalue weighted by Gasteiger charge is 2.25. The van der Waals surface area contributed by atoms with E-state index in [1.165, 1.54) is 0 Å². The molecular formula is C13H14N4O2. The number of carbonyl (C=O) groups excluding carboxylic acids is 1. The molecule has 3 rings (SSSR count). The summed E-state index contributed by atoms with van der Waals surface area (Å²) in [7, 11) is 0. The van der Waals surface area contributed by atoms with Gasteiger partial charge in [0.1, 0.15) is 0 Å². The molecule has 98 valence electrons. The molecule has 6 nitrogen and oxygen atoms in total. The first kappa shape index (κ1) is 11.7. The monoisotopic (exact) mass is 258 g/mol. The third-order valence-corrected chi connectivity index (χ3v) is 3.07. The maximum atomic E-state index is 11.9. The highest BCUT2D eigenvalue weighted by Crippen LogP contribution is 2.12. The number of carbonyl (C=O) groups is 1. The van der Waals surface area contributed by atoms with Gasteiger partial charge in [-0.3, -0.25) is 4.79 Å². The second-order valence-electron chi connectivity index (χ2n) is 4.54. The maximum Gasteiger partial charge on any atom is 0.264 e. The first-order valence-corrected chi connectivity index (χ1v) is 6.12. The fourth-order valence-corrected chi connectivity index (χ4v) is 2.06. The molecule has 0 radical (unpaired) electrons. The van der Waals surface area contributed by atoms with E-state index in [1.54, 1.807) is 10.7 Å². The van der Waals surface area contributed by atoms with Crippen LogP contribution in [-0.4, -0.2) is 27.3 Å². The molecular weight excluding hydrogens is 244 g/mol. The van der Waals surface area contributed by atoms with Crippen LogP contribution < -0.4 is 5.32 Å². The molecule has 0 bridgehead atoms. The summed E-state index contributed by atoms with van der Waals surface area (Å²) in [6.07, 6.45) is 3.69. The van der Waals surface area contributed by atoms with Crippen LogP contribution in [0.1, 0.15) is 18.9 Å². The van der Waals surface area contributed by atoms with Gasteiger partial charge < -0.3 is 10.2 Å². The van der Waals surface area contributed by atoms with Gasteiger partial charge in [-0.05, 0) is 19.1 Å². The summed E-state index contributed by atoms with van der Waals surface area (Å²) in [4.78, 5) is 16.9. The van der Waals surface area contributed by atoms with Crippen molar-refractivity contribution < 1.29 is 9.63 Å². The number of nitrogens with zero attached hydrogens (tertiary/aromatic N) is 3. The van der Waals surface area contributed by atoms with Gasteiger partial charge in [0, 0.05) is 24.7 Å². The standard InChI is InChI=1S/C13H14N4O2/c1-9-6-12(19-16-9)13(18)14-7-10-8-15-17-5-3-2-4-11(10)17/h2-5,8,12H,6-7H2,1H3,(H,14,18). The Kier molecular flexibility index (Phi) is 2.91. The lowest BCUT2D eigenvalue weighted by atomic mass is 10.2. The lowest BCUT2D eigenvalue weighted by molar-refractivity contribution is -0.131. The molecule has 0 fully saturated rings. The van der Waals surface area contributed by atoms with E-state index in [9.17, 15) is 4.79 Å². The number of hydrogen-bond acceptors (Lipinski definition) is 4. The Morgan fingerprint density at radius 2 is 2.47 bits per heavy atom. The van der Waals surface area contributed by atoms with E-state index < -0.39 is 6.10 Å². The van der Waals surface area contributed by atoms with Crippen LogP contribution in [0.4, 0.5) is 0 Å². The summed E-state index contributed by atoms with van der Waals surface area (Å²) < 4.78 is 1.78. The summed E-state index contributed by atoms with van der Waals surface area (Å²) in [6, 6.07) is 5.82. The Morgan fingerprint density at radius 1 is 1.58 bits per heavy atom. The number of fused-ring (bicyclic) bond motifs is 1. The van der Waals surface area contributed by atoms with Gasteiger partial charge in [-0.15, -0.1) is 0 Å². The van der Waals surface area contributed by atoms with Crippen molar-refractivity contribution in [1.29, 1.82) is 0 Å². The summed E-state index contributed by atoms with van der Waals surface area (Å²) in [5.41, 5.74) is 2.81. The largest absolute Gasteiger partial charge is 0.382 e. The number of nitrogens with one attached hydrogen (secondary N) is 1. The molecule has 1 atom stereocenters. The molecule has 1 N–H and O–H groups in total. The molecule has 19 heavy (non-hydrogen) atoms. The van der Waals surface area contributed by atoms with Gasteiger partial charge in [-0.1, -0.05) is 11.2 Å². The zero-order valence-electron chi connectivity index (χ0n) is 10.5. The lowest BCUT2D eigenvalue weighted by Crippen LogP contribution is -2.34. The van der Waals surface area contributed by atoms with Crippen LogP contribution in [0.3, 0.4) is 0 Å². The van der Waals surface area contributed by atoms with Crippen molar-refractivity contribution in [3.05, 3.63) is 36.2 Å². The van der Waals surface area contributed by atoms with Crippen LogP contribution in [0.15, 0.2) is 35.7 Å².